The number of alkyl halides is 2. The second-order valence-corrected chi connectivity index (χ2v) is 8.94. The van der Waals surface area contributed by atoms with Gasteiger partial charge in [-0.2, -0.15) is 5.10 Å². The predicted octanol–water partition coefficient (Wildman–Crippen LogP) is 4.73. The molecule has 0 unspecified atom stereocenters. The largest absolute Gasteiger partial charge is 0.496 e. The van der Waals surface area contributed by atoms with Gasteiger partial charge in [-0.05, 0) is 39.3 Å². The van der Waals surface area contributed by atoms with E-state index in [0.29, 0.717) is 16.8 Å². The summed E-state index contributed by atoms with van der Waals surface area (Å²) < 4.78 is 34.7. The van der Waals surface area contributed by atoms with E-state index in [2.05, 4.69) is 33.8 Å². The maximum atomic E-state index is 13.7. The van der Waals surface area contributed by atoms with Crippen LogP contribution in [0.4, 0.5) is 14.6 Å². The second-order valence-electron chi connectivity index (χ2n) is 8.53. The molecule has 1 atom stereocenters. The molecule has 0 amide bonds. The first-order valence-electron chi connectivity index (χ1n) is 10.5. The topological polar surface area (TPSA) is 82.1 Å². The Morgan fingerprint density at radius 3 is 2.50 bits per heavy atom. The van der Waals surface area contributed by atoms with Crippen LogP contribution in [0.2, 0.25) is 5.02 Å². The Morgan fingerprint density at radius 2 is 1.91 bits per heavy atom. The Labute approximate surface area is 190 Å². The molecule has 10 heteroatoms. The van der Waals surface area contributed by atoms with Gasteiger partial charge in [0.25, 0.3) is 6.43 Å². The van der Waals surface area contributed by atoms with Crippen molar-refractivity contribution in [2.24, 2.45) is 0 Å². The van der Waals surface area contributed by atoms with Crippen molar-refractivity contribution in [3.63, 3.8) is 0 Å². The van der Waals surface area contributed by atoms with Crippen molar-refractivity contribution in [1.82, 2.24) is 24.6 Å². The number of rotatable bonds is 6. The lowest BCUT2D eigenvalue weighted by molar-refractivity contribution is 0.108. The number of hydrogen-bond donors (Lipinski definition) is 1. The van der Waals surface area contributed by atoms with Gasteiger partial charge in [0.05, 0.1) is 18.5 Å². The zero-order chi connectivity index (χ0) is 23.3. The number of aromatic nitrogens is 4. The average Bonchev–Trinajstić information content (AvgIpc) is 3.10. The van der Waals surface area contributed by atoms with Crippen LogP contribution >= 0.6 is 11.6 Å². The number of halogens is 3. The lowest BCUT2D eigenvalue weighted by Gasteiger charge is -2.43. The molecule has 3 aromatic rings. The number of nitrogens with two attached hydrogens (primary N) is 1. The van der Waals surface area contributed by atoms with Crippen molar-refractivity contribution < 1.29 is 13.5 Å². The molecule has 1 aliphatic rings. The summed E-state index contributed by atoms with van der Waals surface area (Å²) in [6, 6.07) is 1.80. The van der Waals surface area contributed by atoms with E-state index in [1.165, 1.54) is 11.0 Å². The first kappa shape index (κ1) is 22.7. The number of nitrogen functional groups attached to an aromatic ring is 1. The van der Waals surface area contributed by atoms with Crippen LogP contribution in [0.25, 0.3) is 11.0 Å². The highest BCUT2D eigenvalue weighted by molar-refractivity contribution is 6.31. The summed E-state index contributed by atoms with van der Waals surface area (Å²) in [5, 5.41) is 4.84. The van der Waals surface area contributed by atoms with E-state index in [9.17, 15) is 8.78 Å². The SMILES string of the molecule is COc1c([C@@H](C)n2nc(C(F)F)c3c(N)ncnc32)cc(Cl)c(C)c1C1CN(C(C)C)C1. The van der Waals surface area contributed by atoms with Gasteiger partial charge in [0.1, 0.15) is 23.6 Å². The summed E-state index contributed by atoms with van der Waals surface area (Å²) >= 11 is 6.64. The standard InChI is InChI=1S/C22H27ClF2N6O/c1-10(2)30-7-13(8-30)16-11(3)15(23)6-14(19(16)32-5)12(4)31-22-17(18(29-31)20(24)25)21(26)27-9-28-22/h6,9-10,12-13,20H,7-8H2,1-5H3,(H2,26,27,28)/t12-/m1/s1. The van der Waals surface area contributed by atoms with E-state index in [1.807, 2.05) is 19.9 Å². The molecule has 172 valence electrons. The molecule has 7 nitrogen and oxygen atoms in total. The molecule has 4 rings (SSSR count). The van der Waals surface area contributed by atoms with E-state index in [1.54, 1.807) is 7.11 Å². The summed E-state index contributed by atoms with van der Waals surface area (Å²) in [6.45, 7) is 10.00. The molecule has 2 aromatic heterocycles. The summed E-state index contributed by atoms with van der Waals surface area (Å²) in [4.78, 5) is 10.4. The average molecular weight is 465 g/mol. The molecular formula is C22H27ClF2N6O. The van der Waals surface area contributed by atoms with Crippen LogP contribution in [0.15, 0.2) is 12.4 Å². The molecule has 1 aliphatic heterocycles. The Morgan fingerprint density at radius 1 is 1.22 bits per heavy atom. The van der Waals surface area contributed by atoms with Crippen LogP contribution in [0, 0.1) is 6.92 Å². The number of likely N-dealkylation sites (tertiary alicyclic amines) is 1. The molecule has 3 heterocycles. The fraction of sp³-hybridized carbons (Fsp3) is 0.500. The molecule has 0 bridgehead atoms. The number of hydrogen-bond acceptors (Lipinski definition) is 6. The summed E-state index contributed by atoms with van der Waals surface area (Å²) in [5.74, 6) is 0.958. The minimum Gasteiger partial charge on any atom is -0.496 e. The normalized spacial score (nSPS) is 16.2. The van der Waals surface area contributed by atoms with Crippen LogP contribution in [-0.2, 0) is 0 Å². The molecule has 2 N–H and O–H groups in total. The molecule has 1 saturated heterocycles. The molecule has 0 radical (unpaired) electrons. The minimum atomic E-state index is -2.81. The highest BCUT2D eigenvalue weighted by atomic mass is 35.5. The quantitative estimate of drug-likeness (QED) is 0.567. The van der Waals surface area contributed by atoms with E-state index in [-0.39, 0.29) is 22.8 Å². The Kier molecular flexibility index (Phi) is 5.98. The van der Waals surface area contributed by atoms with Gasteiger partial charge in [-0.3, -0.25) is 4.90 Å². The maximum absolute atomic E-state index is 13.7. The van der Waals surface area contributed by atoms with E-state index >= 15 is 0 Å². The van der Waals surface area contributed by atoms with Crippen molar-refractivity contribution in [2.45, 2.75) is 52.1 Å². The zero-order valence-electron chi connectivity index (χ0n) is 18.7. The summed E-state index contributed by atoms with van der Waals surface area (Å²) in [5.41, 5.74) is 8.47. The first-order chi connectivity index (χ1) is 15.1. The number of ether oxygens (including phenoxy) is 1. The number of fused-ring (bicyclic) bond motifs is 1. The first-order valence-corrected chi connectivity index (χ1v) is 10.9. The van der Waals surface area contributed by atoms with Crippen molar-refractivity contribution in [1.29, 1.82) is 0 Å². The number of benzene rings is 1. The van der Waals surface area contributed by atoms with Gasteiger partial charge < -0.3 is 10.5 Å². The van der Waals surface area contributed by atoms with E-state index < -0.39 is 18.2 Å². The van der Waals surface area contributed by atoms with Crippen LogP contribution in [-0.4, -0.2) is 50.9 Å². The molecule has 0 spiro atoms. The van der Waals surface area contributed by atoms with Crippen molar-refractivity contribution in [2.75, 3.05) is 25.9 Å². The number of methoxy groups -OCH3 is 1. The van der Waals surface area contributed by atoms with Crippen LogP contribution < -0.4 is 10.5 Å². The third-order valence-electron chi connectivity index (χ3n) is 6.37. The van der Waals surface area contributed by atoms with Crippen LogP contribution in [0.1, 0.15) is 61.5 Å². The fourth-order valence-corrected chi connectivity index (χ4v) is 4.71. The molecule has 0 aliphatic carbocycles. The van der Waals surface area contributed by atoms with Crippen molar-refractivity contribution >= 4 is 28.5 Å². The predicted molar refractivity (Wildman–Crippen MR) is 121 cm³/mol. The number of nitrogens with zero attached hydrogens (tertiary/aromatic N) is 5. The van der Waals surface area contributed by atoms with E-state index in [0.717, 1.165) is 29.8 Å². The Bertz CT molecular complexity index is 1160. The van der Waals surface area contributed by atoms with Gasteiger partial charge in [-0.1, -0.05) is 11.6 Å². The molecule has 32 heavy (non-hydrogen) atoms. The third-order valence-corrected chi connectivity index (χ3v) is 6.77. The Balaban J connectivity index is 1.85. The van der Waals surface area contributed by atoms with Gasteiger partial charge in [0, 0.05) is 41.2 Å². The van der Waals surface area contributed by atoms with Crippen LogP contribution in [0.5, 0.6) is 5.75 Å². The van der Waals surface area contributed by atoms with Crippen molar-refractivity contribution in [3.05, 3.63) is 39.8 Å². The maximum Gasteiger partial charge on any atom is 0.282 e. The molecule has 1 aromatic carbocycles. The van der Waals surface area contributed by atoms with E-state index in [4.69, 9.17) is 22.1 Å². The van der Waals surface area contributed by atoms with Gasteiger partial charge in [0.15, 0.2) is 5.65 Å². The van der Waals surface area contributed by atoms with Gasteiger partial charge in [-0.25, -0.2) is 23.4 Å². The highest BCUT2D eigenvalue weighted by Gasteiger charge is 2.35. The highest BCUT2D eigenvalue weighted by Crippen LogP contribution is 2.44. The lowest BCUT2D eigenvalue weighted by Crippen LogP contribution is -2.48. The van der Waals surface area contributed by atoms with Crippen molar-refractivity contribution in [3.8, 4) is 5.75 Å². The zero-order valence-corrected chi connectivity index (χ0v) is 19.5. The Hall–Kier alpha value is -2.52. The minimum absolute atomic E-state index is 0.0263. The molecular weight excluding hydrogens is 438 g/mol. The third kappa shape index (κ3) is 3.57. The van der Waals surface area contributed by atoms with Gasteiger partial charge >= 0.3 is 0 Å². The monoisotopic (exact) mass is 464 g/mol. The second kappa shape index (κ2) is 8.44. The molecule has 0 saturated carbocycles. The van der Waals surface area contributed by atoms with Gasteiger partial charge in [0.2, 0.25) is 0 Å². The lowest BCUT2D eigenvalue weighted by atomic mass is 9.84. The van der Waals surface area contributed by atoms with Crippen LogP contribution in [0.3, 0.4) is 0 Å². The molecule has 1 fully saturated rings. The number of anilines is 1. The fourth-order valence-electron chi connectivity index (χ4n) is 4.49. The summed E-state index contributed by atoms with van der Waals surface area (Å²) in [6.07, 6.45) is -1.56. The smallest absolute Gasteiger partial charge is 0.282 e. The van der Waals surface area contributed by atoms with Gasteiger partial charge in [-0.15, -0.1) is 0 Å². The summed E-state index contributed by atoms with van der Waals surface area (Å²) in [7, 11) is 1.62.